The molecular weight excluding hydrogens is 250 g/mol. The van der Waals surface area contributed by atoms with Crippen molar-refractivity contribution in [2.75, 3.05) is 12.3 Å². The fourth-order valence-electron chi connectivity index (χ4n) is 2.53. The maximum Gasteiger partial charge on any atom is 0.112 e. The molecule has 20 heavy (non-hydrogen) atoms. The van der Waals surface area contributed by atoms with Crippen molar-refractivity contribution in [3.05, 3.63) is 24.0 Å². The second kappa shape index (κ2) is 6.27. The van der Waals surface area contributed by atoms with E-state index in [-0.39, 0.29) is 6.61 Å². The average molecular weight is 275 g/mol. The Hall–Kier alpha value is -1.55. The van der Waals surface area contributed by atoms with Gasteiger partial charge in [-0.05, 0) is 37.0 Å². The summed E-state index contributed by atoms with van der Waals surface area (Å²) in [4.78, 5) is 4.72. The lowest BCUT2D eigenvalue weighted by Gasteiger charge is -2.13. The molecule has 0 aliphatic carbocycles. The number of hydrogen-bond acceptors (Lipinski definition) is 3. The minimum atomic E-state index is 0.262. The van der Waals surface area contributed by atoms with Gasteiger partial charge >= 0.3 is 0 Å². The summed E-state index contributed by atoms with van der Waals surface area (Å²) in [7, 11) is 0. The van der Waals surface area contributed by atoms with E-state index < -0.39 is 0 Å². The zero-order valence-corrected chi connectivity index (χ0v) is 12.6. The Bertz CT molecular complexity index is 574. The van der Waals surface area contributed by atoms with Crippen LogP contribution in [0.15, 0.2) is 18.2 Å². The summed E-state index contributed by atoms with van der Waals surface area (Å²) < 4.78 is 2.30. The third-order valence-corrected chi connectivity index (χ3v) is 3.71. The SMILES string of the molecule is CC(CO)CCCn1c(C(C)C)nc2cc(N)ccc21. The first-order chi connectivity index (χ1) is 9.52. The number of fused-ring (bicyclic) bond motifs is 1. The Morgan fingerprint density at radius 1 is 1.30 bits per heavy atom. The molecule has 1 unspecified atom stereocenters. The van der Waals surface area contributed by atoms with Crippen molar-refractivity contribution in [3.63, 3.8) is 0 Å². The van der Waals surface area contributed by atoms with E-state index in [4.69, 9.17) is 15.8 Å². The number of aryl methyl sites for hydroxylation is 1. The number of imidazole rings is 1. The molecule has 0 bridgehead atoms. The van der Waals surface area contributed by atoms with Crippen LogP contribution in [-0.2, 0) is 6.54 Å². The first-order valence-corrected chi connectivity index (χ1v) is 7.39. The van der Waals surface area contributed by atoms with E-state index in [0.29, 0.717) is 11.8 Å². The van der Waals surface area contributed by atoms with Crippen LogP contribution in [0.5, 0.6) is 0 Å². The van der Waals surface area contributed by atoms with Gasteiger partial charge in [-0.25, -0.2) is 4.98 Å². The third-order valence-electron chi connectivity index (χ3n) is 3.71. The van der Waals surface area contributed by atoms with Crippen LogP contribution in [0.4, 0.5) is 5.69 Å². The Morgan fingerprint density at radius 3 is 2.70 bits per heavy atom. The highest BCUT2D eigenvalue weighted by atomic mass is 16.3. The summed E-state index contributed by atoms with van der Waals surface area (Å²) in [6.45, 7) is 7.61. The molecule has 0 aliphatic heterocycles. The van der Waals surface area contributed by atoms with Gasteiger partial charge in [-0.1, -0.05) is 20.8 Å². The molecule has 1 aromatic carbocycles. The van der Waals surface area contributed by atoms with Crippen molar-refractivity contribution in [1.29, 1.82) is 0 Å². The lowest BCUT2D eigenvalue weighted by Crippen LogP contribution is -2.08. The van der Waals surface area contributed by atoms with E-state index in [0.717, 1.165) is 41.9 Å². The predicted molar refractivity (Wildman–Crippen MR) is 83.7 cm³/mol. The van der Waals surface area contributed by atoms with Crippen LogP contribution in [0, 0.1) is 5.92 Å². The number of benzene rings is 1. The number of nitrogen functional groups attached to an aromatic ring is 1. The van der Waals surface area contributed by atoms with Crippen LogP contribution in [0.25, 0.3) is 11.0 Å². The number of aromatic nitrogens is 2. The van der Waals surface area contributed by atoms with E-state index in [9.17, 15) is 0 Å². The first-order valence-electron chi connectivity index (χ1n) is 7.39. The second-order valence-electron chi connectivity index (χ2n) is 5.95. The highest BCUT2D eigenvalue weighted by Gasteiger charge is 2.13. The second-order valence-corrected chi connectivity index (χ2v) is 5.95. The molecule has 1 atom stereocenters. The Labute approximate surface area is 120 Å². The average Bonchev–Trinajstić information content (AvgIpc) is 2.76. The van der Waals surface area contributed by atoms with E-state index in [1.807, 2.05) is 12.1 Å². The van der Waals surface area contributed by atoms with Gasteiger partial charge < -0.3 is 15.4 Å². The van der Waals surface area contributed by atoms with Gasteiger partial charge in [0.25, 0.3) is 0 Å². The Balaban J connectivity index is 2.27. The first kappa shape index (κ1) is 14.9. The van der Waals surface area contributed by atoms with Crippen LogP contribution >= 0.6 is 0 Å². The summed E-state index contributed by atoms with van der Waals surface area (Å²) in [5.74, 6) is 1.86. The van der Waals surface area contributed by atoms with Crippen molar-refractivity contribution in [1.82, 2.24) is 9.55 Å². The van der Waals surface area contributed by atoms with Gasteiger partial charge in [-0.2, -0.15) is 0 Å². The van der Waals surface area contributed by atoms with E-state index in [1.165, 1.54) is 0 Å². The summed E-state index contributed by atoms with van der Waals surface area (Å²) in [5.41, 5.74) is 8.72. The fourth-order valence-corrected chi connectivity index (χ4v) is 2.53. The highest BCUT2D eigenvalue weighted by Crippen LogP contribution is 2.24. The van der Waals surface area contributed by atoms with Crippen LogP contribution in [0.1, 0.15) is 45.4 Å². The van der Waals surface area contributed by atoms with Gasteiger partial charge in [0.1, 0.15) is 5.82 Å². The molecule has 0 radical (unpaired) electrons. The number of hydrogen-bond donors (Lipinski definition) is 2. The summed E-state index contributed by atoms with van der Waals surface area (Å²) in [6, 6.07) is 5.92. The minimum Gasteiger partial charge on any atom is -0.399 e. The monoisotopic (exact) mass is 275 g/mol. The normalized spacial score (nSPS) is 13.2. The summed E-state index contributed by atoms with van der Waals surface area (Å²) in [5, 5.41) is 9.10. The van der Waals surface area contributed by atoms with E-state index >= 15 is 0 Å². The molecule has 0 fully saturated rings. The highest BCUT2D eigenvalue weighted by molar-refractivity contribution is 5.79. The van der Waals surface area contributed by atoms with Crippen LogP contribution in [0.2, 0.25) is 0 Å². The van der Waals surface area contributed by atoms with Crippen molar-refractivity contribution in [2.24, 2.45) is 5.92 Å². The number of aliphatic hydroxyl groups is 1. The topological polar surface area (TPSA) is 64.1 Å². The molecule has 0 saturated carbocycles. The van der Waals surface area contributed by atoms with Gasteiger partial charge in [0.15, 0.2) is 0 Å². The predicted octanol–water partition coefficient (Wildman–Crippen LogP) is 3.15. The number of anilines is 1. The standard InChI is InChI=1S/C16H25N3O/c1-11(2)16-18-14-9-13(17)6-7-15(14)19(16)8-4-5-12(3)10-20/h6-7,9,11-12,20H,4-5,8,10,17H2,1-3H3. The summed E-state index contributed by atoms with van der Waals surface area (Å²) in [6.07, 6.45) is 2.08. The molecule has 0 amide bonds. The minimum absolute atomic E-state index is 0.262. The van der Waals surface area contributed by atoms with Crippen molar-refractivity contribution < 1.29 is 5.11 Å². The van der Waals surface area contributed by atoms with Gasteiger partial charge in [-0.15, -0.1) is 0 Å². The number of nitrogens with two attached hydrogens (primary N) is 1. The maximum absolute atomic E-state index is 9.10. The molecule has 4 heteroatoms. The Morgan fingerprint density at radius 2 is 2.05 bits per heavy atom. The number of rotatable bonds is 6. The quantitative estimate of drug-likeness (QED) is 0.796. The molecule has 3 N–H and O–H groups in total. The van der Waals surface area contributed by atoms with Crippen molar-refractivity contribution in [2.45, 2.75) is 46.1 Å². The lowest BCUT2D eigenvalue weighted by atomic mass is 10.1. The molecule has 2 rings (SSSR count). The van der Waals surface area contributed by atoms with E-state index in [1.54, 1.807) is 0 Å². The molecule has 0 aliphatic rings. The molecule has 0 saturated heterocycles. The van der Waals surface area contributed by atoms with Crippen LogP contribution in [0.3, 0.4) is 0 Å². The van der Waals surface area contributed by atoms with Crippen LogP contribution in [-0.4, -0.2) is 21.3 Å². The molecular formula is C16H25N3O. The third kappa shape index (κ3) is 3.12. The van der Waals surface area contributed by atoms with Crippen molar-refractivity contribution in [3.8, 4) is 0 Å². The van der Waals surface area contributed by atoms with Gasteiger partial charge in [0.2, 0.25) is 0 Å². The number of aliphatic hydroxyl groups excluding tert-OH is 1. The fraction of sp³-hybridized carbons (Fsp3) is 0.562. The molecule has 0 spiro atoms. The summed E-state index contributed by atoms with van der Waals surface area (Å²) >= 11 is 0. The molecule has 1 heterocycles. The molecule has 2 aromatic rings. The Kier molecular flexibility index (Phi) is 4.65. The zero-order valence-electron chi connectivity index (χ0n) is 12.6. The molecule has 4 nitrogen and oxygen atoms in total. The number of nitrogens with zero attached hydrogens (tertiary/aromatic N) is 2. The maximum atomic E-state index is 9.10. The van der Waals surface area contributed by atoms with Gasteiger partial charge in [-0.3, -0.25) is 0 Å². The van der Waals surface area contributed by atoms with Gasteiger partial charge in [0, 0.05) is 24.8 Å². The van der Waals surface area contributed by atoms with Crippen LogP contribution < -0.4 is 5.73 Å². The lowest BCUT2D eigenvalue weighted by molar-refractivity contribution is 0.226. The smallest absolute Gasteiger partial charge is 0.112 e. The largest absolute Gasteiger partial charge is 0.399 e. The molecule has 110 valence electrons. The molecule has 1 aromatic heterocycles. The van der Waals surface area contributed by atoms with Gasteiger partial charge in [0.05, 0.1) is 11.0 Å². The zero-order chi connectivity index (χ0) is 14.7. The van der Waals surface area contributed by atoms with Crippen molar-refractivity contribution >= 4 is 16.7 Å². The van der Waals surface area contributed by atoms with E-state index in [2.05, 4.69) is 31.4 Å².